The van der Waals surface area contributed by atoms with Crippen LogP contribution in [0.3, 0.4) is 0 Å². The maximum Gasteiger partial charge on any atom is 0.254 e. The van der Waals surface area contributed by atoms with Gasteiger partial charge < -0.3 is 9.80 Å². The average molecular weight is 473 g/mol. The average Bonchev–Trinajstić information content (AvgIpc) is 3.18. The third kappa shape index (κ3) is 6.40. The number of hydrogen-bond acceptors (Lipinski definition) is 3. The minimum atomic E-state index is -0.316. The van der Waals surface area contributed by atoms with E-state index < -0.39 is 0 Å². The van der Waals surface area contributed by atoms with Crippen molar-refractivity contribution < 1.29 is 14.0 Å². The molecule has 0 N–H and O–H groups in total. The van der Waals surface area contributed by atoms with Crippen LogP contribution in [0.2, 0.25) is 5.02 Å². The number of carbonyl (C=O) groups is 2. The van der Waals surface area contributed by atoms with Crippen LogP contribution in [0.5, 0.6) is 0 Å². The molecule has 0 aliphatic carbocycles. The third-order valence-electron chi connectivity index (χ3n) is 5.14. The number of nitrogens with zero attached hydrogens (tertiary/aromatic N) is 2. The quantitative estimate of drug-likeness (QED) is 0.387. The van der Waals surface area contributed by atoms with Gasteiger partial charge in [-0.1, -0.05) is 30.7 Å². The van der Waals surface area contributed by atoms with E-state index in [0.29, 0.717) is 30.2 Å². The van der Waals surface area contributed by atoms with Crippen LogP contribution in [-0.2, 0) is 17.9 Å². The lowest BCUT2D eigenvalue weighted by atomic mass is 10.1. The highest BCUT2D eigenvalue weighted by atomic mass is 35.5. The predicted molar refractivity (Wildman–Crippen MR) is 127 cm³/mol. The molecule has 168 valence electrons. The highest BCUT2D eigenvalue weighted by molar-refractivity contribution is 7.10. The molecule has 32 heavy (non-hydrogen) atoms. The molecular formula is C25H26ClFN2O2S. The molecule has 0 unspecified atom stereocenters. The fourth-order valence-corrected chi connectivity index (χ4v) is 4.39. The first-order chi connectivity index (χ1) is 15.4. The largest absolute Gasteiger partial charge is 0.332 e. The topological polar surface area (TPSA) is 40.6 Å². The molecule has 0 saturated heterocycles. The van der Waals surface area contributed by atoms with Crippen LogP contribution in [0.15, 0.2) is 60.0 Å². The third-order valence-corrected chi connectivity index (χ3v) is 6.40. The highest BCUT2D eigenvalue weighted by Crippen LogP contribution is 2.20. The van der Waals surface area contributed by atoms with Crippen LogP contribution < -0.4 is 0 Å². The summed E-state index contributed by atoms with van der Waals surface area (Å²) < 4.78 is 13.3. The number of aryl methyl sites for hydroxylation is 1. The zero-order valence-corrected chi connectivity index (χ0v) is 19.8. The molecule has 0 atom stereocenters. The Balaban J connectivity index is 1.80. The first-order valence-electron chi connectivity index (χ1n) is 10.5. The molecule has 3 aromatic rings. The van der Waals surface area contributed by atoms with Crippen LogP contribution in [-0.4, -0.2) is 34.7 Å². The lowest BCUT2D eigenvalue weighted by molar-refractivity contribution is -0.133. The molecule has 0 aliphatic rings. The van der Waals surface area contributed by atoms with Crippen LogP contribution in [0.4, 0.5) is 4.39 Å². The predicted octanol–water partition coefficient (Wildman–Crippen LogP) is 5.93. The summed E-state index contributed by atoms with van der Waals surface area (Å²) in [6.45, 7) is 5.20. The van der Waals surface area contributed by atoms with E-state index in [1.54, 1.807) is 57.5 Å². The molecule has 7 heteroatoms. The van der Waals surface area contributed by atoms with Crippen LogP contribution in [0.25, 0.3) is 0 Å². The van der Waals surface area contributed by atoms with Gasteiger partial charge in [-0.3, -0.25) is 9.59 Å². The van der Waals surface area contributed by atoms with Crippen LogP contribution >= 0.6 is 22.9 Å². The summed E-state index contributed by atoms with van der Waals surface area (Å²) in [5.41, 5.74) is 2.45. The Morgan fingerprint density at radius 2 is 1.66 bits per heavy atom. The maximum atomic E-state index is 13.4. The Morgan fingerprint density at radius 1 is 0.969 bits per heavy atom. The van der Waals surface area contributed by atoms with E-state index in [4.69, 9.17) is 11.6 Å². The standard InChI is InChI=1S/C25H26ClFN2O2S/c1-3-13-28(25(31)20-6-8-21(26)9-7-20)17-24(30)29(16-23-18(2)12-14-32-23)15-19-4-10-22(27)11-5-19/h4-12,14H,3,13,15-17H2,1-2H3. The van der Waals surface area contributed by atoms with E-state index in [2.05, 4.69) is 0 Å². The second kappa shape index (κ2) is 11.2. The smallest absolute Gasteiger partial charge is 0.254 e. The van der Waals surface area contributed by atoms with Gasteiger partial charge in [0, 0.05) is 28.6 Å². The minimum Gasteiger partial charge on any atom is -0.332 e. The fourth-order valence-electron chi connectivity index (χ4n) is 3.34. The summed E-state index contributed by atoms with van der Waals surface area (Å²) in [6.07, 6.45) is 0.731. The van der Waals surface area contributed by atoms with Gasteiger partial charge in [0.2, 0.25) is 5.91 Å². The summed E-state index contributed by atoms with van der Waals surface area (Å²) in [7, 11) is 0. The van der Waals surface area contributed by atoms with Crippen molar-refractivity contribution in [2.75, 3.05) is 13.1 Å². The monoisotopic (exact) mass is 472 g/mol. The Bertz CT molecular complexity index is 1050. The molecule has 0 bridgehead atoms. The Labute approximate surface area is 197 Å². The number of carbonyl (C=O) groups excluding carboxylic acids is 2. The molecule has 0 aliphatic heterocycles. The van der Waals surface area contributed by atoms with E-state index in [1.165, 1.54) is 12.1 Å². The molecule has 2 amide bonds. The lowest BCUT2D eigenvalue weighted by Crippen LogP contribution is -2.42. The molecule has 0 saturated carbocycles. The van der Waals surface area contributed by atoms with Crippen molar-refractivity contribution in [3.63, 3.8) is 0 Å². The van der Waals surface area contributed by atoms with Crippen molar-refractivity contribution in [2.45, 2.75) is 33.4 Å². The molecule has 4 nitrogen and oxygen atoms in total. The summed E-state index contributed by atoms with van der Waals surface area (Å²) in [4.78, 5) is 30.8. The summed E-state index contributed by atoms with van der Waals surface area (Å²) in [5, 5.41) is 2.55. The van der Waals surface area contributed by atoms with E-state index in [0.717, 1.165) is 22.4 Å². The molecule has 0 spiro atoms. The van der Waals surface area contributed by atoms with E-state index in [-0.39, 0.29) is 24.2 Å². The number of benzene rings is 2. The molecule has 1 aromatic heterocycles. The SMILES string of the molecule is CCCN(CC(=O)N(Cc1ccc(F)cc1)Cc1sccc1C)C(=O)c1ccc(Cl)cc1. The summed E-state index contributed by atoms with van der Waals surface area (Å²) in [6, 6.07) is 14.8. The van der Waals surface area contributed by atoms with Crippen molar-refractivity contribution in [3.8, 4) is 0 Å². The highest BCUT2D eigenvalue weighted by Gasteiger charge is 2.23. The zero-order chi connectivity index (χ0) is 23.1. The van der Waals surface area contributed by atoms with Gasteiger partial charge in [0.15, 0.2) is 0 Å². The summed E-state index contributed by atoms with van der Waals surface area (Å²) >= 11 is 7.54. The molecular weight excluding hydrogens is 447 g/mol. The van der Waals surface area contributed by atoms with Crippen molar-refractivity contribution in [3.05, 3.63) is 92.4 Å². The molecule has 2 aromatic carbocycles. The summed E-state index contributed by atoms with van der Waals surface area (Å²) in [5.74, 6) is -0.674. The minimum absolute atomic E-state index is 0.0269. The van der Waals surface area contributed by atoms with Gasteiger partial charge >= 0.3 is 0 Å². The molecule has 0 radical (unpaired) electrons. The van der Waals surface area contributed by atoms with E-state index >= 15 is 0 Å². The Hall–Kier alpha value is -2.70. The van der Waals surface area contributed by atoms with Gasteiger partial charge in [0.1, 0.15) is 12.4 Å². The Morgan fingerprint density at radius 3 is 2.25 bits per heavy atom. The van der Waals surface area contributed by atoms with Gasteiger partial charge in [0.05, 0.1) is 6.54 Å². The van der Waals surface area contributed by atoms with Gasteiger partial charge in [-0.25, -0.2) is 4.39 Å². The molecule has 3 rings (SSSR count). The van der Waals surface area contributed by atoms with Crippen LogP contribution in [0.1, 0.15) is 39.7 Å². The number of thiophene rings is 1. The van der Waals surface area contributed by atoms with Crippen molar-refractivity contribution >= 4 is 34.8 Å². The van der Waals surface area contributed by atoms with Crippen LogP contribution in [0, 0.1) is 12.7 Å². The van der Waals surface area contributed by atoms with Crippen molar-refractivity contribution in [2.24, 2.45) is 0 Å². The molecule has 0 fully saturated rings. The Kier molecular flexibility index (Phi) is 8.42. The van der Waals surface area contributed by atoms with Crippen molar-refractivity contribution in [1.82, 2.24) is 9.80 Å². The van der Waals surface area contributed by atoms with Gasteiger partial charge in [-0.05, 0) is 72.3 Å². The maximum absolute atomic E-state index is 13.4. The van der Waals surface area contributed by atoms with Gasteiger partial charge in [-0.15, -0.1) is 11.3 Å². The van der Waals surface area contributed by atoms with E-state index in [1.807, 2.05) is 25.3 Å². The number of rotatable bonds is 9. The normalized spacial score (nSPS) is 10.8. The lowest BCUT2D eigenvalue weighted by Gasteiger charge is -2.28. The van der Waals surface area contributed by atoms with Gasteiger partial charge in [0.25, 0.3) is 5.91 Å². The second-order valence-corrected chi connectivity index (χ2v) is 9.07. The first kappa shape index (κ1) is 24.0. The number of amides is 2. The number of halogens is 2. The number of hydrogen-bond donors (Lipinski definition) is 0. The zero-order valence-electron chi connectivity index (χ0n) is 18.2. The first-order valence-corrected chi connectivity index (χ1v) is 11.7. The molecule has 1 heterocycles. The van der Waals surface area contributed by atoms with E-state index in [9.17, 15) is 14.0 Å². The second-order valence-electron chi connectivity index (χ2n) is 7.64. The fraction of sp³-hybridized carbons (Fsp3) is 0.280. The van der Waals surface area contributed by atoms with Gasteiger partial charge in [-0.2, -0.15) is 0 Å². The van der Waals surface area contributed by atoms with Crippen molar-refractivity contribution in [1.29, 1.82) is 0 Å².